The van der Waals surface area contributed by atoms with E-state index in [1.54, 1.807) is 0 Å². The minimum absolute atomic E-state index is 0.285. The van der Waals surface area contributed by atoms with Gasteiger partial charge in [-0.1, -0.05) is 24.3 Å². The zero-order valence-corrected chi connectivity index (χ0v) is 26.3. The minimum Gasteiger partial charge on any atom is -0.381 e. The van der Waals surface area contributed by atoms with Crippen molar-refractivity contribution in [3.8, 4) is 0 Å². The van der Waals surface area contributed by atoms with Crippen molar-refractivity contribution in [3.05, 3.63) is 52.3 Å². The van der Waals surface area contributed by atoms with Crippen LogP contribution in [0.2, 0.25) is 0 Å². The maximum Gasteiger partial charge on any atom is 0.426 e. The molecule has 0 aliphatic rings. The molecule has 0 fully saturated rings. The molecule has 7 nitrogen and oxygen atoms in total. The van der Waals surface area contributed by atoms with Crippen molar-refractivity contribution in [2.45, 2.75) is 80.0 Å². The number of ether oxygens (including phenoxy) is 2. The minimum atomic E-state index is -6.35. The summed E-state index contributed by atoms with van der Waals surface area (Å²) < 4.78 is 264. The highest BCUT2D eigenvalue weighted by Crippen LogP contribution is 2.48. The molecule has 3 N–H and O–H groups in total. The van der Waals surface area contributed by atoms with E-state index in [0.717, 1.165) is 0 Å². The van der Waals surface area contributed by atoms with Crippen molar-refractivity contribution in [1.82, 2.24) is 0 Å². The quantitative estimate of drug-likeness (QED) is 0.0773. The summed E-state index contributed by atoms with van der Waals surface area (Å²) in [7, 11) is -5.88. The van der Waals surface area contributed by atoms with Gasteiger partial charge in [0.25, 0.3) is 15.7 Å². The van der Waals surface area contributed by atoms with Gasteiger partial charge in [0, 0.05) is 34.4 Å². The van der Waals surface area contributed by atoms with Gasteiger partial charge in [0.2, 0.25) is 0 Å². The second kappa shape index (κ2) is 13.9. The first kappa shape index (κ1) is 43.2. The number of alkyl halides is 15. The lowest BCUT2D eigenvalue weighted by atomic mass is 9.91. The van der Waals surface area contributed by atoms with E-state index in [-0.39, 0.29) is 6.07 Å². The van der Waals surface area contributed by atoms with Gasteiger partial charge in [0.15, 0.2) is 5.60 Å². The summed E-state index contributed by atoms with van der Waals surface area (Å²) in [6, 6.07) is 1.44. The van der Waals surface area contributed by atoms with Crippen LogP contribution >= 0.6 is 0 Å². The van der Waals surface area contributed by atoms with Gasteiger partial charge < -0.3 is 19.7 Å². The maximum atomic E-state index is 16.3. The SMILES string of the molecule is CC(O)(CCOCc1ccc2c(S(=O)(=O)O)c3ccc(COCCC(O)(C(F)(F)F)C(F)(F)F)c(C(F)(F)F)c3c(F)c2c1C(F)(F)F)C(F)(F)F. The molecular weight excluding hydrogens is 784 g/mol. The first-order chi connectivity index (χ1) is 23.2. The molecule has 52 heavy (non-hydrogen) atoms. The maximum absolute atomic E-state index is 16.3. The van der Waals surface area contributed by atoms with E-state index in [1.165, 1.54) is 0 Å². The lowest BCUT2D eigenvalue weighted by molar-refractivity contribution is -0.371. The Morgan fingerprint density at radius 2 is 0.981 bits per heavy atom. The van der Waals surface area contributed by atoms with E-state index in [4.69, 9.17) is 4.74 Å². The molecule has 0 saturated heterocycles. The van der Waals surface area contributed by atoms with Gasteiger partial charge in [-0.2, -0.15) is 74.3 Å². The van der Waals surface area contributed by atoms with Crippen molar-refractivity contribution < 1.29 is 103 Å². The van der Waals surface area contributed by atoms with E-state index < -0.39 is 146 Å². The second-order valence-corrected chi connectivity index (χ2v) is 12.7. The average molecular weight is 807 g/mol. The Morgan fingerprint density at radius 3 is 1.29 bits per heavy atom. The van der Waals surface area contributed by atoms with Gasteiger partial charge in [-0.05, 0) is 18.1 Å². The fourth-order valence-electron chi connectivity index (χ4n) is 5.00. The molecule has 3 aromatic carbocycles. The van der Waals surface area contributed by atoms with Crippen molar-refractivity contribution in [3.63, 3.8) is 0 Å². The van der Waals surface area contributed by atoms with Crippen molar-refractivity contribution in [1.29, 1.82) is 0 Å². The monoisotopic (exact) mass is 806 g/mol. The lowest BCUT2D eigenvalue weighted by Gasteiger charge is -2.32. The molecule has 0 spiro atoms. The number of hydrogen-bond donors (Lipinski definition) is 3. The molecule has 0 radical (unpaired) electrons. The predicted molar refractivity (Wildman–Crippen MR) is 144 cm³/mol. The van der Waals surface area contributed by atoms with Crippen LogP contribution in [0.25, 0.3) is 21.5 Å². The number of rotatable bonds is 11. The smallest absolute Gasteiger partial charge is 0.381 e. The van der Waals surface area contributed by atoms with Crippen LogP contribution in [0.4, 0.5) is 70.2 Å². The Balaban J connectivity index is 2.28. The number of fused-ring (bicyclic) bond motifs is 2. The number of aliphatic hydroxyl groups is 2. The van der Waals surface area contributed by atoms with Crippen molar-refractivity contribution in [2.24, 2.45) is 0 Å². The number of benzene rings is 3. The lowest BCUT2D eigenvalue weighted by Crippen LogP contribution is -2.57. The highest BCUT2D eigenvalue weighted by molar-refractivity contribution is 7.86. The van der Waals surface area contributed by atoms with Crippen LogP contribution in [0.15, 0.2) is 29.2 Å². The number of halogens is 16. The summed E-state index contributed by atoms with van der Waals surface area (Å²) >= 11 is 0. The van der Waals surface area contributed by atoms with Gasteiger partial charge in [-0.15, -0.1) is 0 Å². The normalized spacial score (nSPS) is 15.5. The summed E-state index contributed by atoms with van der Waals surface area (Å²) in [5.41, 5.74) is -15.9. The molecule has 0 bridgehead atoms. The second-order valence-electron chi connectivity index (χ2n) is 11.4. The molecule has 0 aliphatic carbocycles. The summed E-state index contributed by atoms with van der Waals surface area (Å²) in [5.74, 6) is -2.45. The van der Waals surface area contributed by atoms with Gasteiger partial charge in [-0.25, -0.2) is 4.39 Å². The molecule has 24 heteroatoms. The molecule has 0 saturated carbocycles. The Hall–Kier alpha value is -3.19. The van der Waals surface area contributed by atoms with Crippen LogP contribution in [0, 0.1) is 5.82 Å². The zero-order valence-electron chi connectivity index (χ0n) is 25.5. The zero-order chi connectivity index (χ0) is 40.3. The number of hydrogen-bond acceptors (Lipinski definition) is 6. The summed E-state index contributed by atoms with van der Waals surface area (Å²) in [6.07, 6.45) is -33.2. The first-order valence-corrected chi connectivity index (χ1v) is 15.3. The Labute approximate surface area is 280 Å². The van der Waals surface area contributed by atoms with Gasteiger partial charge in [-0.3, -0.25) is 4.55 Å². The van der Waals surface area contributed by atoms with E-state index >= 15 is 4.39 Å². The molecule has 0 heterocycles. The van der Waals surface area contributed by atoms with Crippen LogP contribution in [-0.4, -0.2) is 66.1 Å². The van der Waals surface area contributed by atoms with Crippen LogP contribution in [-0.2, 0) is 45.2 Å². The van der Waals surface area contributed by atoms with E-state index in [9.17, 15) is 89.0 Å². The third kappa shape index (κ3) is 8.45. The van der Waals surface area contributed by atoms with E-state index in [0.29, 0.717) is 25.1 Å². The molecule has 1 unspecified atom stereocenters. The summed E-state index contributed by atoms with van der Waals surface area (Å²) in [4.78, 5) is -1.71. The van der Waals surface area contributed by atoms with Gasteiger partial charge in [0.1, 0.15) is 10.7 Å². The molecule has 1 atom stereocenters. The molecule has 0 aromatic heterocycles. The summed E-state index contributed by atoms with van der Waals surface area (Å²) in [5, 5.41) is 12.0. The van der Waals surface area contributed by atoms with E-state index in [2.05, 4.69) is 4.74 Å². The molecular formula is C28H22F16O7S. The fraction of sp³-hybridized carbons (Fsp3) is 0.500. The first-order valence-electron chi connectivity index (χ1n) is 13.8. The van der Waals surface area contributed by atoms with Crippen LogP contribution in [0.1, 0.15) is 42.0 Å². The van der Waals surface area contributed by atoms with Gasteiger partial charge >= 0.3 is 30.9 Å². The molecule has 0 aliphatic heterocycles. The largest absolute Gasteiger partial charge is 0.426 e. The Kier molecular flexibility index (Phi) is 11.6. The Morgan fingerprint density at radius 1 is 0.615 bits per heavy atom. The molecule has 3 aromatic rings. The Bertz CT molecular complexity index is 1900. The van der Waals surface area contributed by atoms with Crippen LogP contribution < -0.4 is 0 Å². The standard InChI is InChI=1S/C28H22F16O7S/c1-22(45,26(36,37)38)6-8-50-10-12-2-4-14-16(18(12)24(30,31)32)20(29)17-15(21(14)52(47,48)49)5-3-13(19(17)25(33,34)35)11-51-9-7-23(46,27(39,40)41)28(42,43)44/h2-5,45-46H,6-11H2,1H3,(H,47,48,49). The molecule has 0 amide bonds. The van der Waals surface area contributed by atoms with Crippen molar-refractivity contribution in [2.75, 3.05) is 13.2 Å². The average Bonchev–Trinajstić information content (AvgIpc) is 2.93. The third-order valence-corrected chi connectivity index (χ3v) is 8.70. The highest BCUT2D eigenvalue weighted by Gasteiger charge is 2.69. The molecule has 3 rings (SSSR count). The van der Waals surface area contributed by atoms with Crippen molar-refractivity contribution >= 4 is 31.7 Å². The third-order valence-electron chi connectivity index (χ3n) is 7.74. The van der Waals surface area contributed by atoms with Gasteiger partial charge in [0.05, 0.1) is 37.6 Å². The predicted octanol–water partition coefficient (Wildman–Crippen LogP) is 8.40. The molecule has 294 valence electrons. The topological polar surface area (TPSA) is 113 Å². The summed E-state index contributed by atoms with van der Waals surface area (Å²) in [6.45, 7) is -5.55. The fourth-order valence-corrected chi connectivity index (χ4v) is 5.90. The highest BCUT2D eigenvalue weighted by atomic mass is 32.2. The van der Waals surface area contributed by atoms with Crippen LogP contribution in [0.5, 0.6) is 0 Å². The van der Waals surface area contributed by atoms with E-state index in [1.807, 2.05) is 0 Å². The van der Waals surface area contributed by atoms with Crippen LogP contribution in [0.3, 0.4) is 0 Å².